The Hall–Kier alpha value is -1.57. The minimum absolute atomic E-state index is 0.00279. The number of fused-ring (bicyclic) bond motifs is 1. The van der Waals surface area contributed by atoms with E-state index < -0.39 is 9.05 Å². The number of hydrogen-bond donors (Lipinski definition) is 1. The first-order valence-electron chi connectivity index (χ1n) is 5.48. The third kappa shape index (κ3) is 2.07. The predicted octanol–water partition coefficient (Wildman–Crippen LogP) is 2.54. The van der Waals surface area contributed by atoms with Crippen LogP contribution in [-0.4, -0.2) is 28.2 Å². The van der Waals surface area contributed by atoms with E-state index in [9.17, 15) is 8.42 Å². The first kappa shape index (κ1) is 13.4. The Morgan fingerprint density at radius 2 is 2.10 bits per heavy atom. The lowest BCUT2D eigenvalue weighted by molar-refractivity contribution is 0.610. The van der Waals surface area contributed by atoms with Crippen LogP contribution in [-0.2, 0) is 16.1 Å². The van der Waals surface area contributed by atoms with Gasteiger partial charge in [0.05, 0.1) is 16.1 Å². The second-order valence-electron chi connectivity index (χ2n) is 4.18. The Morgan fingerprint density at radius 3 is 2.70 bits per heavy atom. The van der Waals surface area contributed by atoms with E-state index in [1.165, 1.54) is 17.2 Å². The van der Waals surface area contributed by atoms with Crippen molar-refractivity contribution in [2.24, 2.45) is 7.05 Å². The topological polar surface area (TPSA) is 80.6 Å². The molecule has 1 aromatic carbocycles. The van der Waals surface area contributed by atoms with Gasteiger partial charge in [0.2, 0.25) is 0 Å². The van der Waals surface area contributed by atoms with Gasteiger partial charge in [-0.3, -0.25) is 4.68 Å². The first-order chi connectivity index (χ1) is 9.38. The van der Waals surface area contributed by atoms with E-state index in [0.29, 0.717) is 27.3 Å². The molecule has 0 atom stereocenters. The van der Waals surface area contributed by atoms with Gasteiger partial charge in [-0.05, 0) is 12.1 Å². The Kier molecular flexibility index (Phi) is 3.00. The summed E-state index contributed by atoms with van der Waals surface area (Å²) in [7, 11) is 3.29. The molecule has 3 aromatic rings. The predicted molar refractivity (Wildman–Crippen MR) is 76.3 cm³/mol. The molecular weight excluding hydrogens is 323 g/mol. The van der Waals surface area contributed by atoms with Crippen LogP contribution >= 0.6 is 22.3 Å². The smallest absolute Gasteiger partial charge is 0.263 e. The lowest BCUT2D eigenvalue weighted by Crippen LogP contribution is -1.91. The highest BCUT2D eigenvalue weighted by Crippen LogP contribution is 2.36. The van der Waals surface area contributed by atoms with Crippen molar-refractivity contribution in [2.75, 3.05) is 0 Å². The van der Waals surface area contributed by atoms with E-state index >= 15 is 0 Å². The van der Waals surface area contributed by atoms with Gasteiger partial charge in [0.15, 0.2) is 5.82 Å². The van der Waals surface area contributed by atoms with Crippen molar-refractivity contribution in [1.82, 2.24) is 19.7 Å². The summed E-state index contributed by atoms with van der Waals surface area (Å²) in [6.07, 6.45) is 2.86. The Labute approximate surface area is 123 Å². The first-order valence-corrected chi connectivity index (χ1v) is 8.17. The van der Waals surface area contributed by atoms with Crippen LogP contribution in [0, 0.1) is 0 Å². The highest BCUT2D eigenvalue weighted by molar-refractivity contribution is 8.14. The van der Waals surface area contributed by atoms with E-state index in [2.05, 4.69) is 15.1 Å². The summed E-state index contributed by atoms with van der Waals surface area (Å²) in [5.74, 6) is 0.406. The third-order valence-electron chi connectivity index (χ3n) is 2.85. The molecule has 6 nitrogen and oxygen atoms in total. The van der Waals surface area contributed by atoms with Gasteiger partial charge in [-0.15, -0.1) is 0 Å². The average molecular weight is 331 g/mol. The van der Waals surface area contributed by atoms with Crippen LogP contribution in [0.15, 0.2) is 29.6 Å². The quantitative estimate of drug-likeness (QED) is 0.732. The van der Waals surface area contributed by atoms with Gasteiger partial charge < -0.3 is 4.98 Å². The fraction of sp³-hybridized carbons (Fsp3) is 0.0909. The molecule has 0 fully saturated rings. The monoisotopic (exact) mass is 330 g/mol. The number of nitrogens with one attached hydrogen (secondary N) is 1. The van der Waals surface area contributed by atoms with Crippen LogP contribution in [0.1, 0.15) is 0 Å². The highest BCUT2D eigenvalue weighted by atomic mass is 35.7. The zero-order valence-electron chi connectivity index (χ0n) is 10.1. The van der Waals surface area contributed by atoms with E-state index in [-0.39, 0.29) is 4.90 Å². The number of hydrogen-bond acceptors (Lipinski definition) is 4. The molecule has 3 rings (SSSR count). The maximum absolute atomic E-state index is 11.5. The van der Waals surface area contributed by atoms with Crippen LogP contribution in [0.3, 0.4) is 0 Å². The van der Waals surface area contributed by atoms with E-state index in [4.69, 9.17) is 22.3 Å². The fourth-order valence-electron chi connectivity index (χ4n) is 2.02. The molecule has 0 bridgehead atoms. The molecular formula is C11H8Cl2N4O2S. The minimum atomic E-state index is -3.84. The normalized spacial score (nSPS) is 12.2. The number of aromatic nitrogens is 4. The van der Waals surface area contributed by atoms with Gasteiger partial charge >= 0.3 is 0 Å². The number of benzene rings is 1. The molecule has 0 amide bonds. The summed E-state index contributed by atoms with van der Waals surface area (Å²) in [4.78, 5) is 7.01. The molecule has 104 valence electrons. The molecule has 1 N–H and O–H groups in total. The highest BCUT2D eigenvalue weighted by Gasteiger charge is 2.21. The Morgan fingerprint density at radius 1 is 1.35 bits per heavy atom. The van der Waals surface area contributed by atoms with Gasteiger partial charge in [-0.2, -0.15) is 5.10 Å². The van der Waals surface area contributed by atoms with E-state index in [1.807, 2.05) is 0 Å². The second-order valence-corrected chi connectivity index (χ2v) is 7.12. The van der Waals surface area contributed by atoms with Crippen LogP contribution in [0.5, 0.6) is 0 Å². The number of aromatic amines is 1. The molecule has 0 aliphatic carbocycles. The van der Waals surface area contributed by atoms with E-state index in [0.717, 1.165) is 0 Å². The molecule has 20 heavy (non-hydrogen) atoms. The molecule has 0 saturated heterocycles. The molecule has 2 heterocycles. The third-order valence-corrected chi connectivity index (χ3v) is 4.53. The molecule has 0 aliphatic rings. The average Bonchev–Trinajstić information content (AvgIpc) is 2.94. The molecule has 0 saturated carbocycles. The van der Waals surface area contributed by atoms with Crippen molar-refractivity contribution < 1.29 is 8.42 Å². The Bertz CT molecular complexity index is 914. The van der Waals surface area contributed by atoms with Crippen molar-refractivity contribution in [3.05, 3.63) is 29.7 Å². The van der Waals surface area contributed by atoms with E-state index in [1.54, 1.807) is 19.2 Å². The molecule has 2 aromatic heterocycles. The van der Waals surface area contributed by atoms with Crippen LogP contribution in [0.4, 0.5) is 0 Å². The second kappa shape index (κ2) is 4.47. The van der Waals surface area contributed by atoms with Gasteiger partial charge in [0.1, 0.15) is 11.2 Å². The maximum atomic E-state index is 11.5. The molecule has 0 spiro atoms. The van der Waals surface area contributed by atoms with Gasteiger partial charge in [0.25, 0.3) is 9.05 Å². The minimum Gasteiger partial charge on any atom is -0.359 e. The summed E-state index contributed by atoms with van der Waals surface area (Å²) >= 11 is 6.18. The van der Waals surface area contributed by atoms with Crippen LogP contribution in [0.25, 0.3) is 22.3 Å². The zero-order valence-corrected chi connectivity index (χ0v) is 12.5. The summed E-state index contributed by atoms with van der Waals surface area (Å²) < 4.78 is 24.6. The molecule has 0 unspecified atom stereocenters. The number of rotatable bonds is 2. The van der Waals surface area contributed by atoms with Gasteiger partial charge in [-0.1, -0.05) is 11.6 Å². The number of H-pyrrole nitrogens is 1. The van der Waals surface area contributed by atoms with Crippen molar-refractivity contribution in [1.29, 1.82) is 0 Å². The van der Waals surface area contributed by atoms with Crippen LogP contribution in [0.2, 0.25) is 5.02 Å². The molecule has 0 aliphatic heterocycles. The zero-order chi connectivity index (χ0) is 14.5. The standard InChI is InChI=1S/C11H8Cl2N4O2S/c1-17-5-15-11(16-17)9-7(12)3-2-6-8(20(13,18)19)4-14-10(6)9/h2-5,14H,1H3. The van der Waals surface area contributed by atoms with Gasteiger partial charge in [0, 0.05) is 29.3 Å². The van der Waals surface area contributed by atoms with Crippen molar-refractivity contribution in [2.45, 2.75) is 4.90 Å². The largest absolute Gasteiger partial charge is 0.359 e. The molecule has 9 heteroatoms. The van der Waals surface area contributed by atoms with Gasteiger partial charge in [-0.25, -0.2) is 13.4 Å². The lowest BCUT2D eigenvalue weighted by atomic mass is 10.1. The Balaban J connectivity index is 2.38. The summed E-state index contributed by atoms with van der Waals surface area (Å²) in [6, 6.07) is 3.19. The maximum Gasteiger partial charge on any atom is 0.263 e. The van der Waals surface area contributed by atoms with Crippen molar-refractivity contribution in [3.8, 4) is 11.4 Å². The van der Waals surface area contributed by atoms with Crippen molar-refractivity contribution >= 4 is 42.2 Å². The summed E-state index contributed by atoms with van der Waals surface area (Å²) in [5, 5.41) is 5.05. The number of nitrogens with zero attached hydrogens (tertiary/aromatic N) is 3. The molecule has 0 radical (unpaired) electrons. The SMILES string of the molecule is Cn1cnc(-c2c(Cl)ccc3c(S(=O)(=O)Cl)c[nH]c23)n1. The summed E-state index contributed by atoms with van der Waals surface area (Å²) in [5.41, 5.74) is 1.07. The number of halogens is 2. The number of aryl methyl sites for hydroxylation is 1. The lowest BCUT2D eigenvalue weighted by Gasteiger charge is -2.02. The van der Waals surface area contributed by atoms with Crippen LogP contribution < -0.4 is 0 Å². The van der Waals surface area contributed by atoms with Crippen molar-refractivity contribution in [3.63, 3.8) is 0 Å². The fourth-order valence-corrected chi connectivity index (χ4v) is 3.28. The summed E-state index contributed by atoms with van der Waals surface area (Å²) in [6.45, 7) is 0.